The van der Waals surface area contributed by atoms with Crippen molar-refractivity contribution >= 4 is 16.0 Å². The number of esters is 1. The zero-order chi connectivity index (χ0) is 22.3. The van der Waals surface area contributed by atoms with Crippen LogP contribution < -0.4 is 15.9 Å². The molecule has 172 valence electrons. The van der Waals surface area contributed by atoms with Crippen LogP contribution in [0.15, 0.2) is 34.9 Å². The molecule has 3 rings (SSSR count). The van der Waals surface area contributed by atoms with E-state index >= 15 is 0 Å². The fourth-order valence-corrected chi connectivity index (χ4v) is 5.19. The predicted octanol–water partition coefficient (Wildman–Crippen LogP) is 1.32. The lowest BCUT2D eigenvalue weighted by Crippen LogP contribution is -2.42. The van der Waals surface area contributed by atoms with Crippen LogP contribution in [0.4, 0.5) is 0 Å². The van der Waals surface area contributed by atoms with Crippen LogP contribution in [-0.2, 0) is 26.1 Å². The van der Waals surface area contributed by atoms with E-state index in [1.165, 1.54) is 24.8 Å². The van der Waals surface area contributed by atoms with Gasteiger partial charge in [0, 0.05) is 13.1 Å². The minimum Gasteiger partial charge on any atom is -0.494 e. The Balaban J connectivity index is 1.42. The van der Waals surface area contributed by atoms with E-state index in [1.54, 1.807) is 6.92 Å². The first-order valence-electron chi connectivity index (χ1n) is 10.8. The minimum atomic E-state index is -4.00. The van der Waals surface area contributed by atoms with Gasteiger partial charge in [-0.3, -0.25) is 4.90 Å². The van der Waals surface area contributed by atoms with Crippen molar-refractivity contribution in [1.82, 2.24) is 14.7 Å². The van der Waals surface area contributed by atoms with Crippen molar-refractivity contribution in [2.24, 2.45) is 5.73 Å². The van der Waals surface area contributed by atoms with Crippen molar-refractivity contribution in [2.75, 3.05) is 39.4 Å². The first-order valence-corrected chi connectivity index (χ1v) is 12.2. The summed E-state index contributed by atoms with van der Waals surface area (Å²) in [5.74, 6) is -0.115. The van der Waals surface area contributed by atoms with E-state index in [4.69, 9.17) is 15.2 Å². The molecule has 0 spiro atoms. The molecule has 10 heteroatoms. The summed E-state index contributed by atoms with van der Waals surface area (Å²) in [7, 11) is -4.00. The lowest BCUT2D eigenvalue weighted by molar-refractivity contribution is -0.137. The number of sulfonamides is 1. The smallest absolute Gasteiger partial charge is 0.353 e. The van der Waals surface area contributed by atoms with Crippen molar-refractivity contribution < 1.29 is 22.7 Å². The topological polar surface area (TPSA) is 114 Å². The van der Waals surface area contributed by atoms with Gasteiger partial charge in [-0.15, -0.1) is 4.41 Å². The largest absolute Gasteiger partial charge is 0.494 e. The fraction of sp³-hybridized carbons (Fsp3) is 0.571. The van der Waals surface area contributed by atoms with Crippen molar-refractivity contribution in [3.63, 3.8) is 0 Å². The summed E-state index contributed by atoms with van der Waals surface area (Å²) in [4.78, 5) is 13.9. The Morgan fingerprint density at radius 1 is 1.23 bits per heavy atom. The second kappa shape index (κ2) is 10.9. The molecule has 0 aliphatic carbocycles. The first-order chi connectivity index (χ1) is 14.9. The quantitative estimate of drug-likeness (QED) is 0.404. The van der Waals surface area contributed by atoms with E-state index in [9.17, 15) is 13.2 Å². The van der Waals surface area contributed by atoms with Gasteiger partial charge in [0.25, 0.3) is 10.0 Å². The fourth-order valence-electron chi connectivity index (χ4n) is 3.74. The zero-order valence-electron chi connectivity index (χ0n) is 18.0. The molecule has 9 nitrogen and oxygen atoms in total. The van der Waals surface area contributed by atoms with Gasteiger partial charge in [-0.1, -0.05) is 18.6 Å². The second-order valence-electron chi connectivity index (χ2n) is 7.68. The standard InChI is InChI=1S/C21H32N4O5S/c1-2-29-21(26)20-19(22)16-25(31(20,27)28)23-10-7-13-30-18-9-6-8-17(14-18)15-24-11-4-3-5-12-24/h6,8-9,14,23H,2-5,7,10-13,15-16,22H2,1H3. The number of hydrogen-bond donors (Lipinski definition) is 2. The monoisotopic (exact) mass is 452 g/mol. The Labute approximate surface area is 184 Å². The molecule has 1 aromatic rings. The lowest BCUT2D eigenvalue weighted by Gasteiger charge is -2.26. The molecule has 0 amide bonds. The number of piperidine rings is 1. The maximum absolute atomic E-state index is 12.5. The van der Waals surface area contributed by atoms with Gasteiger partial charge in [0.2, 0.25) is 0 Å². The number of hydrazine groups is 1. The third-order valence-corrected chi connectivity index (χ3v) is 7.03. The van der Waals surface area contributed by atoms with Crippen molar-refractivity contribution in [2.45, 2.75) is 39.2 Å². The van der Waals surface area contributed by atoms with Crippen LogP contribution >= 0.6 is 0 Å². The summed E-state index contributed by atoms with van der Waals surface area (Å²) in [6.07, 6.45) is 4.42. The van der Waals surface area contributed by atoms with E-state index < -0.39 is 20.9 Å². The molecule has 2 heterocycles. The second-order valence-corrected chi connectivity index (χ2v) is 9.48. The van der Waals surface area contributed by atoms with Crippen LogP contribution in [0.2, 0.25) is 0 Å². The molecule has 0 atom stereocenters. The van der Waals surface area contributed by atoms with Crippen LogP contribution in [0, 0.1) is 0 Å². The highest BCUT2D eigenvalue weighted by atomic mass is 32.2. The molecule has 2 aliphatic heterocycles. The molecule has 0 aromatic heterocycles. The van der Waals surface area contributed by atoms with E-state index in [0.29, 0.717) is 19.6 Å². The van der Waals surface area contributed by atoms with E-state index in [1.807, 2.05) is 12.1 Å². The number of nitrogens with two attached hydrogens (primary N) is 1. The van der Waals surface area contributed by atoms with Gasteiger partial charge in [-0.25, -0.2) is 18.6 Å². The number of hydrogen-bond acceptors (Lipinski definition) is 8. The first kappa shape index (κ1) is 23.5. The Morgan fingerprint density at radius 3 is 2.74 bits per heavy atom. The number of rotatable bonds is 10. The molecular formula is C21H32N4O5S. The van der Waals surface area contributed by atoms with Crippen LogP contribution in [0.1, 0.15) is 38.2 Å². The zero-order valence-corrected chi connectivity index (χ0v) is 18.8. The highest BCUT2D eigenvalue weighted by Crippen LogP contribution is 2.23. The highest BCUT2D eigenvalue weighted by Gasteiger charge is 2.41. The van der Waals surface area contributed by atoms with Crippen molar-refractivity contribution in [1.29, 1.82) is 0 Å². The van der Waals surface area contributed by atoms with Gasteiger partial charge >= 0.3 is 5.97 Å². The molecule has 2 aliphatic rings. The summed E-state index contributed by atoms with van der Waals surface area (Å²) in [6.45, 7) is 5.61. The van der Waals surface area contributed by atoms with Crippen LogP contribution in [0.3, 0.4) is 0 Å². The van der Waals surface area contributed by atoms with E-state index in [0.717, 1.165) is 29.8 Å². The minimum absolute atomic E-state index is 0.0206. The number of ether oxygens (including phenoxy) is 2. The van der Waals surface area contributed by atoms with Crippen LogP contribution in [-0.4, -0.2) is 63.1 Å². The van der Waals surface area contributed by atoms with Gasteiger partial charge < -0.3 is 15.2 Å². The SMILES string of the molecule is CCOC(=O)C1=C(N)CN(NCCCOc2cccc(CN3CCCCC3)c2)S1(=O)=O. The maximum Gasteiger partial charge on any atom is 0.353 e. The normalized spacial score (nSPS) is 19.5. The number of carbonyl (C=O) groups is 1. The molecule has 1 fully saturated rings. The van der Waals surface area contributed by atoms with Gasteiger partial charge in [0.1, 0.15) is 5.75 Å². The molecule has 31 heavy (non-hydrogen) atoms. The van der Waals surface area contributed by atoms with E-state index in [-0.39, 0.29) is 18.8 Å². The van der Waals surface area contributed by atoms with Crippen LogP contribution in [0.25, 0.3) is 0 Å². The van der Waals surface area contributed by atoms with Gasteiger partial charge in [0.05, 0.1) is 25.5 Å². The van der Waals surface area contributed by atoms with Gasteiger partial charge in [0.15, 0.2) is 4.91 Å². The Kier molecular flexibility index (Phi) is 8.30. The number of benzene rings is 1. The third kappa shape index (κ3) is 6.19. The maximum atomic E-state index is 12.5. The molecular weight excluding hydrogens is 420 g/mol. The average Bonchev–Trinajstić information content (AvgIpc) is 2.96. The predicted molar refractivity (Wildman–Crippen MR) is 117 cm³/mol. The molecule has 0 saturated carbocycles. The number of nitrogens with zero attached hydrogens (tertiary/aromatic N) is 2. The third-order valence-electron chi connectivity index (χ3n) is 5.25. The summed E-state index contributed by atoms with van der Waals surface area (Å²) in [5, 5.41) is 0. The number of carbonyl (C=O) groups excluding carboxylic acids is 1. The molecule has 0 radical (unpaired) electrons. The number of likely N-dealkylation sites (tertiary alicyclic amines) is 1. The Hall–Kier alpha value is -2.14. The molecule has 1 aromatic carbocycles. The molecule has 1 saturated heterocycles. The van der Waals surface area contributed by atoms with Crippen molar-refractivity contribution in [3.05, 3.63) is 40.4 Å². The summed E-state index contributed by atoms with van der Waals surface area (Å²) in [5.41, 5.74) is 9.77. The molecule has 0 bridgehead atoms. The van der Waals surface area contributed by atoms with Crippen LogP contribution in [0.5, 0.6) is 5.75 Å². The highest BCUT2D eigenvalue weighted by molar-refractivity contribution is 7.94. The summed E-state index contributed by atoms with van der Waals surface area (Å²) >= 11 is 0. The van der Waals surface area contributed by atoms with Gasteiger partial charge in [-0.05, 0) is 57.0 Å². The number of nitrogens with one attached hydrogen (secondary N) is 1. The molecule has 0 unspecified atom stereocenters. The Morgan fingerprint density at radius 2 is 2.00 bits per heavy atom. The lowest BCUT2D eigenvalue weighted by atomic mass is 10.1. The van der Waals surface area contributed by atoms with Gasteiger partial charge in [-0.2, -0.15) is 0 Å². The van der Waals surface area contributed by atoms with Crippen molar-refractivity contribution in [3.8, 4) is 5.75 Å². The van der Waals surface area contributed by atoms with E-state index in [2.05, 4.69) is 22.5 Å². The molecule has 3 N–H and O–H groups in total. The summed E-state index contributed by atoms with van der Waals surface area (Å²) < 4.78 is 36.6. The Bertz CT molecular complexity index is 897. The average molecular weight is 453 g/mol. The summed E-state index contributed by atoms with van der Waals surface area (Å²) in [6, 6.07) is 8.09.